The number of benzene rings is 1. The predicted molar refractivity (Wildman–Crippen MR) is 104 cm³/mol. The number of hydrogen-bond donors (Lipinski definition) is 2. The monoisotopic (exact) mass is 386 g/mol. The first-order valence-corrected chi connectivity index (χ1v) is 9.18. The Balaban J connectivity index is 1.52. The molecule has 1 aliphatic rings. The second kappa shape index (κ2) is 9.27. The van der Waals surface area contributed by atoms with Gasteiger partial charge in [0.05, 0.1) is 11.6 Å². The van der Waals surface area contributed by atoms with Gasteiger partial charge in [0.2, 0.25) is 5.91 Å². The Bertz CT molecular complexity index is 810. The molecule has 3 rings (SSSR count). The second-order valence-electron chi connectivity index (χ2n) is 6.74. The number of amides is 1. The summed E-state index contributed by atoms with van der Waals surface area (Å²) in [5, 5.41) is 12.0. The summed E-state index contributed by atoms with van der Waals surface area (Å²) in [6.45, 7) is 3.14. The maximum atomic E-state index is 13.6. The van der Waals surface area contributed by atoms with Gasteiger partial charge in [0.1, 0.15) is 11.6 Å². The molecule has 0 saturated carbocycles. The van der Waals surface area contributed by atoms with Gasteiger partial charge in [0, 0.05) is 45.3 Å². The predicted octanol–water partition coefficient (Wildman–Crippen LogP) is 2.07. The van der Waals surface area contributed by atoms with Crippen LogP contribution in [0.15, 0.2) is 48.7 Å². The Labute approximate surface area is 162 Å². The maximum absolute atomic E-state index is 13.6. The molecule has 7 nitrogen and oxygen atoms in total. The van der Waals surface area contributed by atoms with E-state index in [9.17, 15) is 19.1 Å². The van der Waals surface area contributed by atoms with Crippen LogP contribution in [0.4, 0.5) is 15.9 Å². The first kappa shape index (κ1) is 19.8. The summed E-state index contributed by atoms with van der Waals surface area (Å²) >= 11 is 0. The molecule has 1 amide bonds. The molecule has 1 aliphatic heterocycles. The number of rotatable bonds is 7. The third-order valence-corrected chi connectivity index (χ3v) is 4.75. The summed E-state index contributed by atoms with van der Waals surface area (Å²) in [5.74, 6) is -2.04. The van der Waals surface area contributed by atoms with Crippen LogP contribution in [0.5, 0.6) is 0 Å². The van der Waals surface area contributed by atoms with E-state index in [0.717, 1.165) is 18.9 Å². The average molecular weight is 386 g/mol. The molecular formula is C20H23FN4O3. The van der Waals surface area contributed by atoms with Crippen molar-refractivity contribution in [1.82, 2.24) is 9.88 Å². The molecule has 1 fully saturated rings. The molecule has 0 spiro atoms. The number of carbonyl (C=O) groups is 2. The number of aromatic nitrogens is 1. The number of nitrogens with one attached hydrogen (secondary N) is 1. The van der Waals surface area contributed by atoms with Gasteiger partial charge in [-0.15, -0.1) is 0 Å². The molecule has 1 atom stereocenters. The number of carboxylic acids is 1. The number of aliphatic carboxylic acids is 1. The minimum absolute atomic E-state index is 0.0561. The zero-order valence-electron chi connectivity index (χ0n) is 15.4. The van der Waals surface area contributed by atoms with Gasteiger partial charge in [-0.2, -0.15) is 0 Å². The number of piperazine rings is 1. The lowest BCUT2D eigenvalue weighted by Crippen LogP contribution is -2.49. The zero-order valence-corrected chi connectivity index (χ0v) is 15.4. The minimum Gasteiger partial charge on any atom is -0.481 e. The van der Waals surface area contributed by atoms with E-state index in [2.05, 4.69) is 15.2 Å². The van der Waals surface area contributed by atoms with Crippen LogP contribution in [0.1, 0.15) is 6.42 Å². The van der Waals surface area contributed by atoms with Gasteiger partial charge < -0.3 is 15.3 Å². The molecule has 2 heterocycles. The maximum Gasteiger partial charge on any atom is 0.308 e. The first-order chi connectivity index (χ1) is 13.5. The topological polar surface area (TPSA) is 85.8 Å². The Kier molecular flexibility index (Phi) is 6.54. The highest BCUT2D eigenvalue weighted by Gasteiger charge is 2.27. The molecule has 8 heteroatoms. The van der Waals surface area contributed by atoms with Gasteiger partial charge >= 0.3 is 5.97 Å². The highest BCUT2D eigenvalue weighted by Crippen LogP contribution is 2.17. The van der Waals surface area contributed by atoms with Crippen molar-refractivity contribution in [2.45, 2.75) is 6.42 Å². The summed E-state index contributed by atoms with van der Waals surface area (Å²) in [7, 11) is 0. The normalized spacial score (nSPS) is 15.8. The third kappa shape index (κ3) is 5.26. The molecule has 2 aromatic rings. The number of halogens is 1. The third-order valence-electron chi connectivity index (χ3n) is 4.75. The number of nitrogens with zero attached hydrogens (tertiary/aromatic N) is 3. The van der Waals surface area contributed by atoms with E-state index in [4.69, 9.17) is 0 Å². The average Bonchev–Trinajstić information content (AvgIpc) is 2.70. The summed E-state index contributed by atoms with van der Waals surface area (Å²) in [4.78, 5) is 32.3. The van der Waals surface area contributed by atoms with Crippen molar-refractivity contribution in [3.05, 3.63) is 54.5 Å². The van der Waals surface area contributed by atoms with Crippen molar-refractivity contribution in [3.63, 3.8) is 0 Å². The lowest BCUT2D eigenvalue weighted by molar-refractivity contribution is -0.144. The molecule has 2 N–H and O–H groups in total. The van der Waals surface area contributed by atoms with Crippen LogP contribution >= 0.6 is 0 Å². The summed E-state index contributed by atoms with van der Waals surface area (Å²) in [6, 6.07) is 11.6. The Morgan fingerprint density at radius 1 is 1.11 bits per heavy atom. The van der Waals surface area contributed by atoms with E-state index in [1.165, 1.54) is 18.2 Å². The van der Waals surface area contributed by atoms with E-state index in [-0.39, 0.29) is 18.7 Å². The SMILES string of the molecule is O=C(C[C@H](CN1CCN(c2ccccn2)CC1)C(=O)O)Nc1ccccc1F. The largest absolute Gasteiger partial charge is 0.481 e. The summed E-state index contributed by atoms with van der Waals surface area (Å²) < 4.78 is 13.6. The molecule has 0 unspecified atom stereocenters. The minimum atomic E-state index is -1.03. The van der Waals surface area contributed by atoms with Gasteiger partial charge in [0.15, 0.2) is 0 Å². The lowest BCUT2D eigenvalue weighted by atomic mass is 10.0. The quantitative estimate of drug-likeness (QED) is 0.758. The van der Waals surface area contributed by atoms with Crippen LogP contribution in [0.3, 0.4) is 0 Å². The van der Waals surface area contributed by atoms with Crippen LogP contribution in [0, 0.1) is 11.7 Å². The highest BCUT2D eigenvalue weighted by atomic mass is 19.1. The molecule has 28 heavy (non-hydrogen) atoms. The molecule has 0 radical (unpaired) electrons. The van der Waals surface area contributed by atoms with E-state index < -0.39 is 23.6 Å². The smallest absolute Gasteiger partial charge is 0.308 e. The summed E-state index contributed by atoms with van der Waals surface area (Å²) in [6.07, 6.45) is 1.54. The van der Waals surface area contributed by atoms with Crippen molar-refractivity contribution < 1.29 is 19.1 Å². The van der Waals surface area contributed by atoms with Crippen LogP contribution in [0.2, 0.25) is 0 Å². The van der Waals surface area contributed by atoms with Crippen LogP contribution in [-0.4, -0.2) is 59.6 Å². The number of carboxylic acid groups (broad SMARTS) is 1. The molecule has 1 aromatic carbocycles. The lowest BCUT2D eigenvalue weighted by Gasteiger charge is -2.36. The van der Waals surface area contributed by atoms with Gasteiger partial charge in [-0.05, 0) is 24.3 Å². The molecule has 1 aromatic heterocycles. The van der Waals surface area contributed by atoms with Gasteiger partial charge in [0.25, 0.3) is 0 Å². The van der Waals surface area contributed by atoms with E-state index in [0.29, 0.717) is 13.1 Å². The number of pyridine rings is 1. The Morgan fingerprint density at radius 2 is 1.82 bits per heavy atom. The molecule has 0 aliphatic carbocycles. The van der Waals surface area contributed by atoms with E-state index in [1.54, 1.807) is 12.3 Å². The molecule has 1 saturated heterocycles. The van der Waals surface area contributed by atoms with Crippen LogP contribution < -0.4 is 10.2 Å². The van der Waals surface area contributed by atoms with Gasteiger partial charge in [-0.3, -0.25) is 14.5 Å². The number of para-hydroxylation sites is 1. The number of hydrogen-bond acceptors (Lipinski definition) is 5. The summed E-state index contributed by atoms with van der Waals surface area (Å²) in [5.41, 5.74) is 0.0561. The second-order valence-corrected chi connectivity index (χ2v) is 6.74. The van der Waals surface area contributed by atoms with Crippen molar-refractivity contribution in [3.8, 4) is 0 Å². The fraction of sp³-hybridized carbons (Fsp3) is 0.350. The van der Waals surface area contributed by atoms with Gasteiger partial charge in [-0.1, -0.05) is 18.2 Å². The molecule has 148 valence electrons. The fourth-order valence-electron chi connectivity index (χ4n) is 3.23. The van der Waals surface area contributed by atoms with Crippen molar-refractivity contribution in [1.29, 1.82) is 0 Å². The van der Waals surface area contributed by atoms with Crippen molar-refractivity contribution in [2.75, 3.05) is 42.9 Å². The molecular weight excluding hydrogens is 363 g/mol. The number of anilines is 2. The van der Waals surface area contributed by atoms with E-state index >= 15 is 0 Å². The van der Waals surface area contributed by atoms with Crippen molar-refractivity contribution >= 4 is 23.4 Å². The molecule has 0 bridgehead atoms. The Hall–Kier alpha value is -3.00. The van der Waals surface area contributed by atoms with E-state index in [1.807, 2.05) is 23.1 Å². The fourth-order valence-corrected chi connectivity index (χ4v) is 3.23. The van der Waals surface area contributed by atoms with Crippen molar-refractivity contribution in [2.24, 2.45) is 5.92 Å². The van der Waals surface area contributed by atoms with Gasteiger partial charge in [-0.25, -0.2) is 9.37 Å². The number of carbonyl (C=O) groups excluding carboxylic acids is 1. The van der Waals surface area contributed by atoms with Crippen LogP contribution in [0.25, 0.3) is 0 Å². The zero-order chi connectivity index (χ0) is 19.9. The van der Waals surface area contributed by atoms with Crippen LogP contribution in [-0.2, 0) is 9.59 Å². The highest BCUT2D eigenvalue weighted by molar-refractivity contribution is 5.93. The standard InChI is InChI=1S/C20H23FN4O3/c21-16-5-1-2-6-17(16)23-19(26)13-15(20(27)28)14-24-9-11-25(12-10-24)18-7-3-4-8-22-18/h1-8,15H,9-14H2,(H,23,26)(H,27,28)/t15-/m1/s1. The first-order valence-electron chi connectivity index (χ1n) is 9.18. The Morgan fingerprint density at radius 3 is 2.46 bits per heavy atom.